The first-order chi connectivity index (χ1) is 10.4. The minimum Gasteiger partial charge on any atom is -0.479 e. The zero-order valence-electron chi connectivity index (χ0n) is 13.5. The van der Waals surface area contributed by atoms with Crippen LogP contribution >= 0.6 is 0 Å². The lowest BCUT2D eigenvalue weighted by molar-refractivity contribution is -0.125. The molecule has 2 amide bonds. The highest BCUT2D eigenvalue weighted by molar-refractivity contribution is 6.01. The number of anilines is 2. The van der Waals surface area contributed by atoms with Gasteiger partial charge < -0.3 is 19.9 Å². The molecule has 1 aliphatic heterocycles. The van der Waals surface area contributed by atoms with Crippen LogP contribution in [0.2, 0.25) is 0 Å². The second kappa shape index (κ2) is 6.79. The molecular formula is C16H23N3O3. The van der Waals surface area contributed by atoms with E-state index >= 15 is 0 Å². The molecular weight excluding hydrogens is 282 g/mol. The third kappa shape index (κ3) is 3.76. The molecule has 1 unspecified atom stereocenters. The largest absolute Gasteiger partial charge is 0.479 e. The number of fused-ring (bicyclic) bond motifs is 1. The summed E-state index contributed by atoms with van der Waals surface area (Å²) in [6.07, 6.45) is 0.383. The summed E-state index contributed by atoms with van der Waals surface area (Å²) in [4.78, 5) is 27.4. The Morgan fingerprint density at radius 2 is 2.14 bits per heavy atom. The smallest absolute Gasteiger partial charge is 0.267 e. The van der Waals surface area contributed by atoms with Gasteiger partial charge in [-0.15, -0.1) is 0 Å². The van der Waals surface area contributed by atoms with Crippen molar-refractivity contribution < 1.29 is 14.3 Å². The normalized spacial score (nSPS) is 17.2. The number of nitrogens with zero attached hydrogens (tertiary/aromatic N) is 2. The highest BCUT2D eigenvalue weighted by Crippen LogP contribution is 2.36. The van der Waals surface area contributed by atoms with Crippen molar-refractivity contribution >= 4 is 23.2 Å². The van der Waals surface area contributed by atoms with Crippen LogP contribution in [0.3, 0.4) is 0 Å². The van der Waals surface area contributed by atoms with Crippen LogP contribution in [0, 0.1) is 0 Å². The fourth-order valence-electron chi connectivity index (χ4n) is 2.46. The van der Waals surface area contributed by atoms with Crippen molar-refractivity contribution in [3.8, 4) is 5.75 Å². The molecule has 0 bridgehead atoms. The summed E-state index contributed by atoms with van der Waals surface area (Å²) in [5.74, 6) is 0.479. The average Bonchev–Trinajstić information content (AvgIpc) is 2.42. The summed E-state index contributed by atoms with van der Waals surface area (Å²) in [5, 5.41) is 2.74. The zero-order valence-corrected chi connectivity index (χ0v) is 13.5. The highest BCUT2D eigenvalue weighted by atomic mass is 16.5. The molecule has 0 fully saturated rings. The van der Waals surface area contributed by atoms with Crippen LogP contribution < -0.4 is 15.0 Å². The SMILES string of the molecule is CC(=O)Nc1ccc2c(c1)N(CCCN(C)C)C(=O)C(C)O2. The summed E-state index contributed by atoms with van der Waals surface area (Å²) >= 11 is 0. The van der Waals surface area contributed by atoms with Gasteiger partial charge in [0.15, 0.2) is 6.10 Å². The monoisotopic (exact) mass is 305 g/mol. The molecule has 0 radical (unpaired) electrons. The van der Waals surface area contributed by atoms with Gasteiger partial charge in [-0.2, -0.15) is 0 Å². The van der Waals surface area contributed by atoms with Crippen LogP contribution in [0.5, 0.6) is 5.75 Å². The van der Waals surface area contributed by atoms with Crippen molar-refractivity contribution in [2.75, 3.05) is 37.4 Å². The van der Waals surface area contributed by atoms with E-state index in [1.54, 1.807) is 30.0 Å². The van der Waals surface area contributed by atoms with Crippen molar-refractivity contribution in [2.24, 2.45) is 0 Å². The quantitative estimate of drug-likeness (QED) is 0.899. The molecule has 1 aromatic carbocycles. The Bertz CT molecular complexity index is 572. The fourth-order valence-corrected chi connectivity index (χ4v) is 2.46. The second-order valence-electron chi connectivity index (χ2n) is 5.77. The molecule has 2 rings (SSSR count). The Balaban J connectivity index is 2.24. The zero-order chi connectivity index (χ0) is 16.3. The number of amides is 2. The summed E-state index contributed by atoms with van der Waals surface area (Å²) in [6, 6.07) is 5.36. The van der Waals surface area contributed by atoms with E-state index in [0.29, 0.717) is 23.7 Å². The van der Waals surface area contributed by atoms with E-state index in [-0.39, 0.29) is 11.8 Å². The molecule has 0 aliphatic carbocycles. The first-order valence-corrected chi connectivity index (χ1v) is 7.43. The van der Waals surface area contributed by atoms with E-state index in [2.05, 4.69) is 10.2 Å². The van der Waals surface area contributed by atoms with Crippen molar-refractivity contribution in [1.82, 2.24) is 4.90 Å². The van der Waals surface area contributed by atoms with Crippen LogP contribution in [0.1, 0.15) is 20.3 Å². The van der Waals surface area contributed by atoms with Crippen LogP contribution in [-0.4, -0.2) is 50.0 Å². The van der Waals surface area contributed by atoms with Crippen molar-refractivity contribution in [3.05, 3.63) is 18.2 Å². The second-order valence-corrected chi connectivity index (χ2v) is 5.77. The highest BCUT2D eigenvalue weighted by Gasteiger charge is 2.31. The molecule has 1 aliphatic rings. The third-order valence-electron chi connectivity index (χ3n) is 3.47. The van der Waals surface area contributed by atoms with E-state index in [1.165, 1.54) is 6.92 Å². The van der Waals surface area contributed by atoms with Gasteiger partial charge in [0, 0.05) is 19.2 Å². The first-order valence-electron chi connectivity index (χ1n) is 7.43. The van der Waals surface area contributed by atoms with Gasteiger partial charge in [-0.3, -0.25) is 9.59 Å². The number of nitrogens with one attached hydrogen (secondary N) is 1. The number of hydrogen-bond donors (Lipinski definition) is 1. The van der Waals surface area contributed by atoms with E-state index in [0.717, 1.165) is 13.0 Å². The van der Waals surface area contributed by atoms with E-state index in [1.807, 2.05) is 14.1 Å². The van der Waals surface area contributed by atoms with Crippen LogP contribution in [-0.2, 0) is 9.59 Å². The maximum atomic E-state index is 12.4. The Hall–Kier alpha value is -2.08. The van der Waals surface area contributed by atoms with Crippen molar-refractivity contribution in [1.29, 1.82) is 0 Å². The predicted molar refractivity (Wildman–Crippen MR) is 86.4 cm³/mol. The Labute approximate surface area is 131 Å². The van der Waals surface area contributed by atoms with E-state index < -0.39 is 6.10 Å². The number of carbonyl (C=O) groups excluding carboxylic acids is 2. The molecule has 1 N–H and O–H groups in total. The summed E-state index contributed by atoms with van der Waals surface area (Å²) in [7, 11) is 4.01. The Morgan fingerprint density at radius 1 is 1.41 bits per heavy atom. The predicted octanol–water partition coefficient (Wildman–Crippen LogP) is 1.71. The van der Waals surface area contributed by atoms with Gasteiger partial charge in [0.05, 0.1) is 5.69 Å². The van der Waals surface area contributed by atoms with Gasteiger partial charge in [0.1, 0.15) is 5.75 Å². The van der Waals surface area contributed by atoms with Gasteiger partial charge >= 0.3 is 0 Å². The lowest BCUT2D eigenvalue weighted by atomic mass is 10.1. The van der Waals surface area contributed by atoms with Crippen LogP contribution in [0.15, 0.2) is 18.2 Å². The molecule has 6 nitrogen and oxygen atoms in total. The number of benzene rings is 1. The van der Waals surface area contributed by atoms with E-state index in [9.17, 15) is 9.59 Å². The van der Waals surface area contributed by atoms with Crippen molar-refractivity contribution in [3.63, 3.8) is 0 Å². The standard InChI is InChI=1S/C16H23N3O3/c1-11-16(21)19(9-5-8-18(3)4)14-10-13(17-12(2)20)6-7-15(14)22-11/h6-7,10-11H,5,8-9H2,1-4H3,(H,17,20). The summed E-state index contributed by atoms with van der Waals surface area (Å²) in [5.41, 5.74) is 1.38. The molecule has 120 valence electrons. The molecule has 0 spiro atoms. The van der Waals surface area contributed by atoms with Gasteiger partial charge in [0.25, 0.3) is 5.91 Å². The topological polar surface area (TPSA) is 61.9 Å². The number of ether oxygens (including phenoxy) is 1. The van der Waals surface area contributed by atoms with Gasteiger partial charge in [-0.1, -0.05) is 0 Å². The third-order valence-corrected chi connectivity index (χ3v) is 3.47. The summed E-state index contributed by atoms with van der Waals surface area (Å²) in [6.45, 7) is 4.74. The van der Waals surface area contributed by atoms with Crippen molar-refractivity contribution in [2.45, 2.75) is 26.4 Å². The number of hydrogen-bond acceptors (Lipinski definition) is 4. The maximum Gasteiger partial charge on any atom is 0.267 e. The minimum absolute atomic E-state index is 0.0498. The molecule has 0 saturated heterocycles. The lowest BCUT2D eigenvalue weighted by Crippen LogP contribution is -2.45. The van der Waals surface area contributed by atoms with Crippen LogP contribution in [0.4, 0.5) is 11.4 Å². The summed E-state index contributed by atoms with van der Waals surface area (Å²) < 4.78 is 5.65. The molecule has 1 heterocycles. The molecule has 22 heavy (non-hydrogen) atoms. The Kier molecular flexibility index (Phi) is 5.03. The molecule has 1 aromatic rings. The molecule has 0 saturated carbocycles. The minimum atomic E-state index is -0.488. The average molecular weight is 305 g/mol. The molecule has 0 aromatic heterocycles. The van der Waals surface area contributed by atoms with Gasteiger partial charge in [0.2, 0.25) is 5.91 Å². The van der Waals surface area contributed by atoms with Gasteiger partial charge in [-0.05, 0) is 52.2 Å². The molecule has 6 heteroatoms. The van der Waals surface area contributed by atoms with Crippen LogP contribution in [0.25, 0.3) is 0 Å². The molecule has 1 atom stereocenters. The number of rotatable bonds is 5. The Morgan fingerprint density at radius 3 is 2.77 bits per heavy atom. The fraction of sp³-hybridized carbons (Fsp3) is 0.500. The number of carbonyl (C=O) groups is 2. The van der Waals surface area contributed by atoms with E-state index in [4.69, 9.17) is 4.74 Å². The lowest BCUT2D eigenvalue weighted by Gasteiger charge is -2.33. The van der Waals surface area contributed by atoms with Gasteiger partial charge in [-0.25, -0.2) is 0 Å². The maximum absolute atomic E-state index is 12.4. The first kappa shape index (κ1) is 16.3.